The lowest BCUT2D eigenvalue weighted by atomic mass is 9.94. The molecule has 7 nitrogen and oxygen atoms in total. The SMILES string of the molecule is COC(=O)c1ccc(C2C(=C(O)c3cccc(C)c3)C(=O)C(=O)N2CCc2c[nH]c3ccccc23)cc1. The molecular formula is C30H26N2O5. The van der Waals surface area contributed by atoms with E-state index < -0.39 is 23.7 Å². The number of ketones is 1. The van der Waals surface area contributed by atoms with Crippen LogP contribution in [-0.4, -0.2) is 46.3 Å². The first-order valence-corrected chi connectivity index (χ1v) is 12.0. The van der Waals surface area contributed by atoms with Crippen LogP contribution in [0.1, 0.15) is 38.7 Å². The van der Waals surface area contributed by atoms with Crippen LogP contribution >= 0.6 is 0 Å². The van der Waals surface area contributed by atoms with Gasteiger partial charge in [-0.15, -0.1) is 0 Å². The van der Waals surface area contributed by atoms with Crippen molar-refractivity contribution in [3.05, 3.63) is 112 Å². The summed E-state index contributed by atoms with van der Waals surface area (Å²) in [6, 6.07) is 20.8. The number of ether oxygens (including phenoxy) is 1. The number of para-hydroxylation sites is 1. The summed E-state index contributed by atoms with van der Waals surface area (Å²) in [4.78, 5) is 43.3. The average Bonchev–Trinajstić information content (AvgIpc) is 3.44. The van der Waals surface area contributed by atoms with Crippen LogP contribution in [0.5, 0.6) is 0 Å². The highest BCUT2D eigenvalue weighted by Crippen LogP contribution is 2.39. The number of hydrogen-bond donors (Lipinski definition) is 2. The molecule has 3 aromatic carbocycles. The molecule has 0 aliphatic carbocycles. The lowest BCUT2D eigenvalue weighted by Crippen LogP contribution is -2.31. The maximum absolute atomic E-state index is 13.3. The Morgan fingerprint density at radius 1 is 1.00 bits per heavy atom. The van der Waals surface area contributed by atoms with Crippen molar-refractivity contribution in [3.63, 3.8) is 0 Å². The molecule has 0 radical (unpaired) electrons. The van der Waals surface area contributed by atoms with Gasteiger partial charge in [0.25, 0.3) is 11.7 Å². The monoisotopic (exact) mass is 494 g/mol. The molecule has 1 unspecified atom stereocenters. The molecule has 5 rings (SSSR count). The molecular weight excluding hydrogens is 468 g/mol. The largest absolute Gasteiger partial charge is 0.507 e. The Morgan fingerprint density at radius 2 is 1.76 bits per heavy atom. The van der Waals surface area contributed by atoms with Crippen LogP contribution in [0, 0.1) is 6.92 Å². The number of fused-ring (bicyclic) bond motifs is 1. The molecule has 0 saturated carbocycles. The summed E-state index contributed by atoms with van der Waals surface area (Å²) < 4.78 is 4.79. The second-order valence-electron chi connectivity index (χ2n) is 9.09. The van der Waals surface area contributed by atoms with E-state index in [2.05, 4.69) is 4.98 Å². The van der Waals surface area contributed by atoms with Gasteiger partial charge in [-0.05, 0) is 48.7 Å². The molecule has 1 aliphatic heterocycles. The number of Topliss-reactive ketones (excluding diaryl/α,β-unsaturated/α-hetero) is 1. The molecule has 1 atom stereocenters. The van der Waals surface area contributed by atoms with E-state index in [-0.39, 0.29) is 17.9 Å². The standard InChI is InChI=1S/C30H26N2O5/c1-18-6-5-7-21(16-18)27(33)25-26(19-10-12-20(13-11-19)30(36)37-2)32(29(35)28(25)34)15-14-22-17-31-24-9-4-3-8-23(22)24/h3-13,16-17,26,31,33H,14-15H2,1-2H3. The normalized spacial score (nSPS) is 16.9. The molecule has 1 saturated heterocycles. The zero-order chi connectivity index (χ0) is 26.1. The number of amides is 1. The van der Waals surface area contributed by atoms with Crippen LogP contribution in [0.25, 0.3) is 16.7 Å². The van der Waals surface area contributed by atoms with Crippen LogP contribution < -0.4 is 0 Å². The van der Waals surface area contributed by atoms with E-state index in [9.17, 15) is 19.5 Å². The number of aliphatic hydroxyl groups excluding tert-OH is 1. The zero-order valence-corrected chi connectivity index (χ0v) is 20.5. The number of aromatic amines is 1. The number of likely N-dealkylation sites (tertiary alicyclic amines) is 1. The van der Waals surface area contributed by atoms with Gasteiger partial charge in [0, 0.05) is 29.2 Å². The zero-order valence-electron chi connectivity index (χ0n) is 20.5. The Labute approximate surface area is 214 Å². The van der Waals surface area contributed by atoms with E-state index in [1.165, 1.54) is 12.0 Å². The predicted octanol–water partition coefficient (Wildman–Crippen LogP) is 4.93. The smallest absolute Gasteiger partial charge is 0.337 e. The number of esters is 1. The van der Waals surface area contributed by atoms with Gasteiger partial charge in [0.05, 0.1) is 24.3 Å². The van der Waals surface area contributed by atoms with Crippen molar-refractivity contribution in [2.24, 2.45) is 0 Å². The fraction of sp³-hybridized carbons (Fsp3) is 0.167. The number of benzene rings is 3. The number of hydrogen-bond acceptors (Lipinski definition) is 5. The van der Waals surface area contributed by atoms with E-state index in [0.717, 1.165) is 22.0 Å². The lowest BCUT2D eigenvalue weighted by Gasteiger charge is -2.25. The predicted molar refractivity (Wildman–Crippen MR) is 140 cm³/mol. The lowest BCUT2D eigenvalue weighted by molar-refractivity contribution is -0.139. The highest BCUT2D eigenvalue weighted by atomic mass is 16.5. The van der Waals surface area contributed by atoms with Gasteiger partial charge in [0.2, 0.25) is 0 Å². The Kier molecular flexibility index (Phi) is 6.36. The van der Waals surface area contributed by atoms with Crippen LogP contribution in [-0.2, 0) is 20.7 Å². The molecule has 37 heavy (non-hydrogen) atoms. The van der Waals surface area contributed by atoms with Crippen molar-refractivity contribution < 1.29 is 24.2 Å². The Hall–Kier alpha value is -4.65. The number of aromatic nitrogens is 1. The minimum atomic E-state index is -0.808. The first kappa shape index (κ1) is 24.1. The number of carbonyl (C=O) groups excluding carboxylic acids is 3. The minimum Gasteiger partial charge on any atom is -0.507 e. The van der Waals surface area contributed by atoms with E-state index in [1.54, 1.807) is 42.5 Å². The third kappa shape index (κ3) is 4.40. The summed E-state index contributed by atoms with van der Waals surface area (Å²) in [5.74, 6) is -2.12. The summed E-state index contributed by atoms with van der Waals surface area (Å²) in [6.07, 6.45) is 2.42. The van der Waals surface area contributed by atoms with Gasteiger partial charge in [-0.25, -0.2) is 4.79 Å². The number of aryl methyl sites for hydroxylation is 1. The fourth-order valence-corrected chi connectivity index (χ4v) is 4.90. The third-order valence-electron chi connectivity index (χ3n) is 6.78. The van der Waals surface area contributed by atoms with Gasteiger partial charge in [-0.1, -0.05) is 54.1 Å². The van der Waals surface area contributed by atoms with Crippen molar-refractivity contribution >= 4 is 34.3 Å². The van der Waals surface area contributed by atoms with Crippen molar-refractivity contribution in [1.82, 2.24) is 9.88 Å². The third-order valence-corrected chi connectivity index (χ3v) is 6.78. The topological polar surface area (TPSA) is 99.7 Å². The molecule has 1 aliphatic rings. The number of nitrogens with zero attached hydrogens (tertiary/aromatic N) is 1. The summed E-state index contributed by atoms with van der Waals surface area (Å²) in [7, 11) is 1.30. The number of nitrogens with one attached hydrogen (secondary N) is 1. The molecule has 0 spiro atoms. The van der Waals surface area contributed by atoms with Gasteiger partial charge >= 0.3 is 5.97 Å². The minimum absolute atomic E-state index is 0.0281. The molecule has 2 N–H and O–H groups in total. The molecule has 4 aromatic rings. The maximum Gasteiger partial charge on any atom is 0.337 e. The fourth-order valence-electron chi connectivity index (χ4n) is 4.90. The summed E-state index contributed by atoms with van der Waals surface area (Å²) in [5, 5.41) is 12.3. The van der Waals surface area contributed by atoms with Gasteiger partial charge in [-0.2, -0.15) is 0 Å². The first-order chi connectivity index (χ1) is 17.9. The van der Waals surface area contributed by atoms with Crippen molar-refractivity contribution in [1.29, 1.82) is 0 Å². The van der Waals surface area contributed by atoms with E-state index in [1.807, 2.05) is 43.5 Å². The van der Waals surface area contributed by atoms with Crippen LogP contribution in [0.2, 0.25) is 0 Å². The number of rotatable bonds is 6. The van der Waals surface area contributed by atoms with Gasteiger partial charge in [0.1, 0.15) is 5.76 Å². The molecule has 1 amide bonds. The van der Waals surface area contributed by atoms with Crippen molar-refractivity contribution in [2.45, 2.75) is 19.4 Å². The van der Waals surface area contributed by atoms with Crippen LogP contribution in [0.3, 0.4) is 0 Å². The molecule has 0 bridgehead atoms. The Balaban J connectivity index is 1.57. The quantitative estimate of drug-likeness (QED) is 0.171. The average molecular weight is 495 g/mol. The summed E-state index contributed by atoms with van der Waals surface area (Å²) >= 11 is 0. The molecule has 2 heterocycles. The summed E-state index contributed by atoms with van der Waals surface area (Å²) in [5.41, 5.74) is 4.38. The molecule has 7 heteroatoms. The Bertz CT molecular complexity index is 1550. The number of methoxy groups -OCH3 is 1. The second-order valence-corrected chi connectivity index (χ2v) is 9.09. The maximum atomic E-state index is 13.3. The van der Waals surface area contributed by atoms with E-state index in [4.69, 9.17) is 4.74 Å². The van der Waals surface area contributed by atoms with Gasteiger partial charge < -0.3 is 19.7 Å². The van der Waals surface area contributed by atoms with Crippen molar-refractivity contribution in [2.75, 3.05) is 13.7 Å². The van der Waals surface area contributed by atoms with Crippen molar-refractivity contribution in [3.8, 4) is 0 Å². The van der Waals surface area contributed by atoms with Gasteiger partial charge in [-0.3, -0.25) is 9.59 Å². The summed E-state index contributed by atoms with van der Waals surface area (Å²) in [6.45, 7) is 2.15. The second kappa shape index (κ2) is 9.78. The highest BCUT2D eigenvalue weighted by Gasteiger charge is 2.45. The van der Waals surface area contributed by atoms with Crippen LogP contribution in [0.4, 0.5) is 0 Å². The molecule has 1 fully saturated rings. The first-order valence-electron chi connectivity index (χ1n) is 12.0. The van der Waals surface area contributed by atoms with E-state index in [0.29, 0.717) is 23.1 Å². The Morgan fingerprint density at radius 3 is 2.49 bits per heavy atom. The van der Waals surface area contributed by atoms with Crippen LogP contribution in [0.15, 0.2) is 84.6 Å². The highest BCUT2D eigenvalue weighted by molar-refractivity contribution is 6.46. The number of aliphatic hydroxyl groups is 1. The number of H-pyrrole nitrogens is 1. The molecule has 1 aromatic heterocycles. The number of carbonyl (C=O) groups is 3. The van der Waals surface area contributed by atoms with Gasteiger partial charge in [0.15, 0.2) is 0 Å². The van der Waals surface area contributed by atoms with E-state index >= 15 is 0 Å². The molecule has 186 valence electrons.